The first kappa shape index (κ1) is 20.6. The highest BCUT2D eigenvalue weighted by Gasteiger charge is 2.05. The van der Waals surface area contributed by atoms with Crippen molar-refractivity contribution in [2.45, 2.75) is 6.61 Å². The summed E-state index contributed by atoms with van der Waals surface area (Å²) in [5.41, 5.74) is 11.4. The van der Waals surface area contributed by atoms with Gasteiger partial charge in [-0.3, -0.25) is 4.79 Å². The van der Waals surface area contributed by atoms with Crippen molar-refractivity contribution in [3.8, 4) is 5.75 Å². The van der Waals surface area contributed by atoms with Gasteiger partial charge in [0.15, 0.2) is 0 Å². The van der Waals surface area contributed by atoms with Gasteiger partial charge in [-0.25, -0.2) is 10.2 Å². The Morgan fingerprint density at radius 1 is 0.933 bits per heavy atom. The van der Waals surface area contributed by atoms with Crippen LogP contribution in [0, 0.1) is 0 Å². The average Bonchev–Trinajstić information content (AvgIpc) is 2.78. The van der Waals surface area contributed by atoms with E-state index in [4.69, 9.17) is 10.5 Å². The molecule has 0 radical (unpaired) electrons. The molecule has 0 saturated heterocycles. The molecule has 0 heterocycles. The normalized spacial score (nSPS) is 10.6. The molecule has 1 amide bonds. The van der Waals surface area contributed by atoms with Crippen LogP contribution in [-0.4, -0.2) is 25.2 Å². The highest BCUT2D eigenvalue weighted by molar-refractivity contribution is 5.95. The Labute approximate surface area is 174 Å². The van der Waals surface area contributed by atoms with Crippen LogP contribution >= 0.6 is 0 Å². The second-order valence-electron chi connectivity index (χ2n) is 6.37. The van der Waals surface area contributed by atoms with Crippen LogP contribution in [0.3, 0.4) is 0 Å². The summed E-state index contributed by atoms with van der Waals surface area (Å²) in [7, 11) is 1.35. The molecule has 0 aliphatic heterocycles. The van der Waals surface area contributed by atoms with Crippen LogP contribution in [0.2, 0.25) is 0 Å². The molecule has 0 fully saturated rings. The van der Waals surface area contributed by atoms with Gasteiger partial charge in [-0.15, -0.1) is 0 Å². The van der Waals surface area contributed by atoms with Gasteiger partial charge in [0.1, 0.15) is 12.4 Å². The number of nitrogen functional groups attached to an aromatic ring is 1. The molecule has 0 spiro atoms. The third-order valence-corrected chi connectivity index (χ3v) is 4.21. The van der Waals surface area contributed by atoms with Crippen LogP contribution in [0.15, 0.2) is 77.9 Å². The molecule has 0 saturated carbocycles. The zero-order chi connectivity index (χ0) is 21.3. The molecule has 30 heavy (non-hydrogen) atoms. The number of esters is 1. The molecule has 3 rings (SSSR count). The summed E-state index contributed by atoms with van der Waals surface area (Å²) in [6.07, 6.45) is 1.55. The molecule has 7 nitrogen and oxygen atoms in total. The number of hydrazone groups is 1. The Bertz CT molecular complexity index is 1030. The molecule has 0 bridgehead atoms. The summed E-state index contributed by atoms with van der Waals surface area (Å²) in [6, 6.07) is 20.9. The smallest absolute Gasteiger partial charge is 0.337 e. The van der Waals surface area contributed by atoms with Crippen LogP contribution in [0.1, 0.15) is 31.8 Å². The minimum atomic E-state index is -0.371. The van der Waals surface area contributed by atoms with Gasteiger partial charge in [0.25, 0.3) is 5.91 Å². The van der Waals surface area contributed by atoms with Gasteiger partial charge in [-0.05, 0) is 71.8 Å². The molecule has 3 aromatic rings. The van der Waals surface area contributed by atoms with Gasteiger partial charge in [-0.2, -0.15) is 5.10 Å². The maximum absolute atomic E-state index is 12.0. The monoisotopic (exact) mass is 403 g/mol. The van der Waals surface area contributed by atoms with Crippen LogP contribution in [0.25, 0.3) is 0 Å². The summed E-state index contributed by atoms with van der Waals surface area (Å²) in [6.45, 7) is 0.368. The predicted octanol–water partition coefficient (Wildman–Crippen LogP) is 3.40. The van der Waals surface area contributed by atoms with Crippen molar-refractivity contribution < 1.29 is 19.1 Å². The number of benzene rings is 3. The summed E-state index contributed by atoms with van der Waals surface area (Å²) in [4.78, 5) is 23.4. The quantitative estimate of drug-likeness (QED) is 0.272. The van der Waals surface area contributed by atoms with E-state index in [1.165, 1.54) is 7.11 Å². The Morgan fingerprint density at radius 2 is 1.57 bits per heavy atom. The lowest BCUT2D eigenvalue weighted by molar-refractivity contribution is 0.0600. The summed E-state index contributed by atoms with van der Waals surface area (Å²) in [5, 5.41) is 3.96. The van der Waals surface area contributed by atoms with Gasteiger partial charge in [0.05, 0.1) is 18.9 Å². The van der Waals surface area contributed by atoms with Crippen molar-refractivity contribution in [3.63, 3.8) is 0 Å². The number of nitrogens with two attached hydrogens (primary N) is 1. The van der Waals surface area contributed by atoms with E-state index >= 15 is 0 Å². The number of methoxy groups -OCH3 is 1. The maximum Gasteiger partial charge on any atom is 0.337 e. The lowest BCUT2D eigenvalue weighted by Crippen LogP contribution is -2.17. The number of ether oxygens (including phenoxy) is 2. The number of carbonyl (C=O) groups is 2. The van der Waals surface area contributed by atoms with Crippen molar-refractivity contribution in [1.29, 1.82) is 0 Å². The number of amides is 1. The predicted molar refractivity (Wildman–Crippen MR) is 114 cm³/mol. The van der Waals surface area contributed by atoms with Crippen LogP contribution in [-0.2, 0) is 11.3 Å². The Kier molecular flexibility index (Phi) is 6.78. The first-order valence-electron chi connectivity index (χ1n) is 9.14. The van der Waals surface area contributed by atoms with Crippen molar-refractivity contribution in [2.24, 2.45) is 5.10 Å². The standard InChI is InChI=1S/C23H21N3O4/c1-29-23(28)19-6-2-17(3-7-19)15-30-21-12-4-16(5-13-21)14-25-26-22(27)18-8-10-20(24)11-9-18/h2-14H,15,24H2,1H3,(H,26,27)/b25-14-. The van der Waals surface area contributed by atoms with Crippen LogP contribution < -0.4 is 15.9 Å². The van der Waals surface area contributed by atoms with Gasteiger partial charge in [-0.1, -0.05) is 12.1 Å². The molecular weight excluding hydrogens is 382 g/mol. The first-order valence-corrected chi connectivity index (χ1v) is 9.14. The lowest BCUT2D eigenvalue weighted by Gasteiger charge is -2.07. The highest BCUT2D eigenvalue weighted by atomic mass is 16.5. The van der Waals surface area contributed by atoms with E-state index in [1.807, 2.05) is 36.4 Å². The Balaban J connectivity index is 1.49. The number of carbonyl (C=O) groups excluding carboxylic acids is 2. The van der Waals surface area contributed by atoms with Gasteiger partial charge >= 0.3 is 5.97 Å². The molecule has 0 unspecified atom stereocenters. The average molecular weight is 403 g/mol. The number of hydrogen-bond donors (Lipinski definition) is 2. The molecule has 3 aromatic carbocycles. The fraction of sp³-hybridized carbons (Fsp3) is 0.0870. The number of nitrogens with one attached hydrogen (secondary N) is 1. The van der Waals surface area contributed by atoms with Gasteiger partial charge < -0.3 is 15.2 Å². The molecule has 0 aliphatic carbocycles. The van der Waals surface area contributed by atoms with Crippen molar-refractivity contribution >= 4 is 23.8 Å². The largest absolute Gasteiger partial charge is 0.489 e. The van der Waals surface area contributed by atoms with E-state index in [-0.39, 0.29) is 11.9 Å². The van der Waals surface area contributed by atoms with E-state index in [1.54, 1.807) is 42.6 Å². The second-order valence-corrected chi connectivity index (χ2v) is 6.37. The summed E-state index contributed by atoms with van der Waals surface area (Å²) >= 11 is 0. The van der Waals surface area contributed by atoms with E-state index in [0.717, 1.165) is 11.1 Å². The van der Waals surface area contributed by atoms with Crippen LogP contribution in [0.4, 0.5) is 5.69 Å². The fourth-order valence-corrected chi connectivity index (χ4v) is 2.54. The van der Waals surface area contributed by atoms with Crippen molar-refractivity contribution in [2.75, 3.05) is 12.8 Å². The first-order chi connectivity index (χ1) is 14.5. The highest BCUT2D eigenvalue weighted by Crippen LogP contribution is 2.14. The third-order valence-electron chi connectivity index (χ3n) is 4.21. The minimum absolute atomic E-state index is 0.315. The van der Waals surface area contributed by atoms with E-state index in [0.29, 0.717) is 29.2 Å². The second kappa shape index (κ2) is 9.88. The number of nitrogens with zero attached hydrogens (tertiary/aromatic N) is 1. The molecule has 152 valence electrons. The molecule has 7 heteroatoms. The third kappa shape index (κ3) is 5.68. The molecule has 3 N–H and O–H groups in total. The summed E-state index contributed by atoms with van der Waals surface area (Å²) in [5.74, 6) is 0.00361. The topological polar surface area (TPSA) is 103 Å². The van der Waals surface area contributed by atoms with E-state index in [2.05, 4.69) is 15.3 Å². The summed E-state index contributed by atoms with van der Waals surface area (Å²) < 4.78 is 10.4. The minimum Gasteiger partial charge on any atom is -0.489 e. The molecule has 0 atom stereocenters. The fourth-order valence-electron chi connectivity index (χ4n) is 2.54. The lowest BCUT2D eigenvalue weighted by atomic mass is 10.1. The Morgan fingerprint density at radius 3 is 2.20 bits per heavy atom. The van der Waals surface area contributed by atoms with Gasteiger partial charge in [0, 0.05) is 11.3 Å². The van der Waals surface area contributed by atoms with Crippen LogP contribution in [0.5, 0.6) is 5.75 Å². The number of hydrogen-bond acceptors (Lipinski definition) is 6. The molecule has 0 aromatic heterocycles. The SMILES string of the molecule is COC(=O)c1ccc(COc2ccc(/C=N\NC(=O)c3ccc(N)cc3)cc2)cc1. The van der Waals surface area contributed by atoms with E-state index in [9.17, 15) is 9.59 Å². The van der Waals surface area contributed by atoms with Gasteiger partial charge in [0.2, 0.25) is 0 Å². The maximum atomic E-state index is 12.0. The molecule has 0 aliphatic rings. The van der Waals surface area contributed by atoms with Crippen molar-refractivity contribution in [1.82, 2.24) is 5.43 Å². The Hall–Kier alpha value is -4.13. The van der Waals surface area contributed by atoms with Crippen molar-refractivity contribution in [3.05, 3.63) is 95.1 Å². The number of rotatable bonds is 7. The number of anilines is 1. The zero-order valence-electron chi connectivity index (χ0n) is 16.4. The zero-order valence-corrected chi connectivity index (χ0v) is 16.4. The van der Waals surface area contributed by atoms with E-state index < -0.39 is 0 Å². The molecular formula is C23H21N3O4.